The predicted molar refractivity (Wildman–Crippen MR) is 128 cm³/mol. The number of aliphatic imine (C=N–C) groups is 1. The molecule has 7 heteroatoms. The van der Waals surface area contributed by atoms with E-state index in [1.54, 1.807) is 0 Å². The van der Waals surface area contributed by atoms with Crippen LogP contribution >= 0.6 is 39.9 Å². The zero-order valence-corrected chi connectivity index (χ0v) is 20.8. The van der Waals surface area contributed by atoms with Crippen molar-refractivity contribution in [1.29, 1.82) is 0 Å². The summed E-state index contributed by atoms with van der Waals surface area (Å²) in [6.07, 6.45) is 2.59. The number of nitrogens with one attached hydrogen (secondary N) is 2. The molecular weight excluding hydrogens is 519 g/mol. The van der Waals surface area contributed by atoms with Gasteiger partial charge in [0.1, 0.15) is 0 Å². The van der Waals surface area contributed by atoms with Crippen LogP contribution in [0.3, 0.4) is 0 Å². The van der Waals surface area contributed by atoms with Gasteiger partial charge in [0.15, 0.2) is 5.96 Å². The predicted octanol–water partition coefficient (Wildman–Crippen LogP) is 3.93. The zero-order chi connectivity index (χ0) is 18.9. The average Bonchev–Trinajstić information content (AvgIpc) is 2.61. The van der Waals surface area contributed by atoms with E-state index in [0.29, 0.717) is 12.1 Å². The maximum atomic E-state index is 5.65. The van der Waals surface area contributed by atoms with Crippen molar-refractivity contribution >= 4 is 45.9 Å². The number of ether oxygens (including phenoxy) is 1. The first-order valence-corrected chi connectivity index (χ1v) is 10.3. The van der Waals surface area contributed by atoms with E-state index >= 15 is 0 Å². The molecule has 0 aliphatic carbocycles. The van der Waals surface area contributed by atoms with E-state index in [1.165, 1.54) is 11.1 Å². The minimum Gasteiger partial charge on any atom is -0.377 e. The summed E-state index contributed by atoms with van der Waals surface area (Å²) in [6, 6.07) is 6.86. The van der Waals surface area contributed by atoms with Crippen molar-refractivity contribution in [3.63, 3.8) is 0 Å². The van der Waals surface area contributed by atoms with Crippen LogP contribution in [0.5, 0.6) is 0 Å². The fraction of sp³-hybridized carbons (Fsp3) is 0.650. The summed E-state index contributed by atoms with van der Waals surface area (Å²) in [6.45, 7) is 11.2. The summed E-state index contributed by atoms with van der Waals surface area (Å²) >= 11 is 3.51. The second-order valence-electron chi connectivity index (χ2n) is 7.18. The molecule has 0 bridgehead atoms. The fourth-order valence-electron chi connectivity index (χ4n) is 3.14. The third kappa shape index (κ3) is 9.11. The van der Waals surface area contributed by atoms with E-state index in [-0.39, 0.29) is 24.0 Å². The summed E-state index contributed by atoms with van der Waals surface area (Å²) in [5, 5.41) is 7.01. The zero-order valence-electron chi connectivity index (χ0n) is 16.9. The van der Waals surface area contributed by atoms with Crippen molar-refractivity contribution in [2.24, 2.45) is 4.99 Å². The molecule has 1 aromatic rings. The molecule has 0 saturated carbocycles. The van der Waals surface area contributed by atoms with Crippen LogP contribution in [-0.4, -0.2) is 56.3 Å². The molecule has 0 radical (unpaired) electrons. The Morgan fingerprint density at radius 1 is 1.33 bits per heavy atom. The van der Waals surface area contributed by atoms with Gasteiger partial charge in [-0.15, -0.1) is 24.0 Å². The monoisotopic (exact) mass is 552 g/mol. The molecule has 0 atom stereocenters. The Kier molecular flexibility index (Phi) is 11.8. The van der Waals surface area contributed by atoms with Crippen LogP contribution in [0.1, 0.15) is 37.8 Å². The SMILES string of the molecule is CN=C(NCc1ccc(Br)cc1C)NC1CCN(CCOC(C)C)CC1.I. The summed E-state index contributed by atoms with van der Waals surface area (Å²) in [7, 11) is 1.84. The number of piperidine rings is 1. The van der Waals surface area contributed by atoms with Crippen LogP contribution in [0.25, 0.3) is 0 Å². The highest BCUT2D eigenvalue weighted by atomic mass is 127. The second kappa shape index (κ2) is 13.0. The molecule has 1 fully saturated rings. The van der Waals surface area contributed by atoms with Gasteiger partial charge in [-0.05, 0) is 56.9 Å². The van der Waals surface area contributed by atoms with E-state index in [4.69, 9.17) is 4.74 Å². The number of hydrogen-bond acceptors (Lipinski definition) is 3. The maximum Gasteiger partial charge on any atom is 0.191 e. The highest BCUT2D eigenvalue weighted by Crippen LogP contribution is 2.15. The summed E-state index contributed by atoms with van der Waals surface area (Å²) in [4.78, 5) is 6.87. The molecule has 1 aliphatic heterocycles. The Bertz CT molecular complexity index is 589. The van der Waals surface area contributed by atoms with Crippen molar-refractivity contribution in [1.82, 2.24) is 15.5 Å². The second-order valence-corrected chi connectivity index (χ2v) is 8.09. The Hall–Kier alpha value is -0.380. The number of hydrogen-bond donors (Lipinski definition) is 2. The van der Waals surface area contributed by atoms with Crippen LogP contribution in [0.2, 0.25) is 0 Å². The number of nitrogens with zero attached hydrogens (tertiary/aromatic N) is 2. The number of halogens is 2. The standard InChI is InChI=1S/C20H33BrN4O.HI/c1-15(2)26-12-11-25-9-7-19(8-10-25)24-20(22-4)23-14-17-5-6-18(21)13-16(17)3;/h5-6,13,15,19H,7-12,14H2,1-4H3,(H2,22,23,24);1H. The van der Waals surface area contributed by atoms with Gasteiger partial charge < -0.3 is 20.3 Å². The highest BCUT2D eigenvalue weighted by Gasteiger charge is 2.19. The van der Waals surface area contributed by atoms with Gasteiger partial charge in [-0.1, -0.05) is 22.0 Å². The van der Waals surface area contributed by atoms with E-state index in [2.05, 4.69) is 75.4 Å². The summed E-state index contributed by atoms with van der Waals surface area (Å²) < 4.78 is 6.77. The molecule has 0 spiro atoms. The van der Waals surface area contributed by atoms with Crippen LogP contribution in [-0.2, 0) is 11.3 Å². The van der Waals surface area contributed by atoms with Gasteiger partial charge in [0.2, 0.25) is 0 Å². The molecule has 0 unspecified atom stereocenters. The van der Waals surface area contributed by atoms with Crippen molar-refractivity contribution in [2.45, 2.75) is 52.3 Å². The lowest BCUT2D eigenvalue weighted by atomic mass is 10.1. The van der Waals surface area contributed by atoms with Crippen LogP contribution in [0.15, 0.2) is 27.7 Å². The Morgan fingerprint density at radius 2 is 2.04 bits per heavy atom. The molecule has 1 aliphatic rings. The lowest BCUT2D eigenvalue weighted by Crippen LogP contribution is -2.49. The van der Waals surface area contributed by atoms with Crippen LogP contribution in [0.4, 0.5) is 0 Å². The van der Waals surface area contributed by atoms with E-state index < -0.39 is 0 Å². The molecule has 27 heavy (non-hydrogen) atoms. The third-order valence-electron chi connectivity index (χ3n) is 4.76. The maximum absolute atomic E-state index is 5.65. The minimum atomic E-state index is 0. The Labute approximate surface area is 189 Å². The topological polar surface area (TPSA) is 48.9 Å². The molecule has 2 N–H and O–H groups in total. The molecule has 2 rings (SSSR count). The highest BCUT2D eigenvalue weighted by molar-refractivity contribution is 14.0. The molecular formula is C20H34BrIN4O. The van der Waals surface area contributed by atoms with Gasteiger partial charge in [-0.25, -0.2) is 0 Å². The fourth-order valence-corrected chi connectivity index (χ4v) is 3.62. The van der Waals surface area contributed by atoms with Crippen molar-refractivity contribution in [2.75, 3.05) is 33.3 Å². The Morgan fingerprint density at radius 3 is 2.63 bits per heavy atom. The first kappa shape index (κ1) is 24.7. The summed E-state index contributed by atoms with van der Waals surface area (Å²) in [5.41, 5.74) is 2.57. The van der Waals surface area contributed by atoms with E-state index in [9.17, 15) is 0 Å². The van der Waals surface area contributed by atoms with Gasteiger partial charge in [-0.2, -0.15) is 0 Å². The molecule has 1 heterocycles. The van der Waals surface area contributed by atoms with Gasteiger partial charge in [0, 0.05) is 43.7 Å². The molecule has 0 aromatic heterocycles. The van der Waals surface area contributed by atoms with E-state index in [0.717, 1.165) is 56.1 Å². The van der Waals surface area contributed by atoms with Crippen molar-refractivity contribution in [3.8, 4) is 0 Å². The smallest absolute Gasteiger partial charge is 0.191 e. The lowest BCUT2D eigenvalue weighted by molar-refractivity contribution is 0.0532. The van der Waals surface area contributed by atoms with Gasteiger partial charge >= 0.3 is 0 Å². The first-order valence-electron chi connectivity index (χ1n) is 9.54. The number of benzene rings is 1. The number of rotatable bonds is 7. The van der Waals surface area contributed by atoms with Crippen LogP contribution in [0, 0.1) is 6.92 Å². The van der Waals surface area contributed by atoms with Gasteiger partial charge in [0.05, 0.1) is 12.7 Å². The lowest BCUT2D eigenvalue weighted by Gasteiger charge is -2.33. The molecule has 0 amide bonds. The van der Waals surface area contributed by atoms with Crippen LogP contribution < -0.4 is 10.6 Å². The quantitative estimate of drug-likeness (QED) is 0.306. The summed E-state index contributed by atoms with van der Waals surface area (Å²) in [5.74, 6) is 0.883. The van der Waals surface area contributed by atoms with Gasteiger partial charge in [0.25, 0.3) is 0 Å². The van der Waals surface area contributed by atoms with Crippen molar-refractivity contribution < 1.29 is 4.74 Å². The molecule has 1 saturated heterocycles. The number of aryl methyl sites for hydroxylation is 1. The minimum absolute atomic E-state index is 0. The largest absolute Gasteiger partial charge is 0.377 e. The van der Waals surface area contributed by atoms with E-state index in [1.807, 2.05) is 7.05 Å². The third-order valence-corrected chi connectivity index (χ3v) is 5.25. The number of likely N-dealkylation sites (tertiary alicyclic amines) is 1. The molecule has 154 valence electrons. The van der Waals surface area contributed by atoms with Crippen molar-refractivity contribution in [3.05, 3.63) is 33.8 Å². The first-order chi connectivity index (χ1) is 12.5. The number of guanidine groups is 1. The molecule has 1 aromatic carbocycles. The normalized spacial score (nSPS) is 16.3. The van der Waals surface area contributed by atoms with Gasteiger partial charge in [-0.3, -0.25) is 4.99 Å². The molecule has 5 nitrogen and oxygen atoms in total. The Balaban J connectivity index is 0.00000364. The average molecular weight is 553 g/mol.